The molecular formula is C14H19N3O2S2. The van der Waals surface area contributed by atoms with Crippen LogP contribution in [0.15, 0.2) is 40.1 Å². The highest BCUT2D eigenvalue weighted by Crippen LogP contribution is 2.22. The van der Waals surface area contributed by atoms with Gasteiger partial charge in [-0.25, -0.2) is 13.1 Å². The summed E-state index contributed by atoms with van der Waals surface area (Å²) in [6.45, 7) is 5.33. The van der Waals surface area contributed by atoms with Gasteiger partial charge in [-0.2, -0.15) is 0 Å². The Kier molecular flexibility index (Phi) is 5.46. The average Bonchev–Trinajstić information content (AvgIpc) is 2.95. The zero-order valence-corrected chi connectivity index (χ0v) is 13.7. The third-order valence-corrected chi connectivity index (χ3v) is 5.97. The number of pyridine rings is 1. The minimum Gasteiger partial charge on any atom is -0.313 e. The molecule has 2 aromatic heterocycles. The van der Waals surface area contributed by atoms with Gasteiger partial charge in [0, 0.05) is 12.7 Å². The van der Waals surface area contributed by atoms with E-state index in [2.05, 4.69) is 15.0 Å². The van der Waals surface area contributed by atoms with E-state index in [-0.39, 0.29) is 6.04 Å². The van der Waals surface area contributed by atoms with Crippen LogP contribution in [0.1, 0.15) is 31.1 Å². The Morgan fingerprint density at radius 2 is 2.19 bits per heavy atom. The van der Waals surface area contributed by atoms with E-state index in [4.69, 9.17) is 0 Å². The summed E-state index contributed by atoms with van der Waals surface area (Å²) in [7, 11) is -3.51. The molecule has 2 rings (SSSR count). The summed E-state index contributed by atoms with van der Waals surface area (Å²) in [5, 5.41) is 5.04. The SMILES string of the molecule is CCNCc1csc(S(=O)(=O)NC(C)c2ccccn2)c1. The molecule has 2 heterocycles. The van der Waals surface area contributed by atoms with E-state index in [0.29, 0.717) is 16.4 Å². The Morgan fingerprint density at radius 3 is 2.86 bits per heavy atom. The van der Waals surface area contributed by atoms with Gasteiger partial charge >= 0.3 is 0 Å². The number of thiophene rings is 1. The first-order valence-corrected chi connectivity index (χ1v) is 9.10. The lowest BCUT2D eigenvalue weighted by molar-refractivity contribution is 0.566. The zero-order chi connectivity index (χ0) is 15.3. The van der Waals surface area contributed by atoms with Gasteiger partial charge in [0.2, 0.25) is 0 Å². The molecule has 1 unspecified atom stereocenters. The van der Waals surface area contributed by atoms with Crippen molar-refractivity contribution in [3.8, 4) is 0 Å². The molecule has 0 fully saturated rings. The van der Waals surface area contributed by atoms with Crippen molar-refractivity contribution in [2.75, 3.05) is 6.54 Å². The molecule has 0 aliphatic rings. The number of sulfonamides is 1. The molecule has 114 valence electrons. The topological polar surface area (TPSA) is 71.1 Å². The van der Waals surface area contributed by atoms with E-state index in [1.54, 1.807) is 31.3 Å². The van der Waals surface area contributed by atoms with Crippen LogP contribution < -0.4 is 10.0 Å². The number of nitrogens with zero attached hydrogens (tertiary/aromatic N) is 1. The van der Waals surface area contributed by atoms with Crippen LogP contribution in [0.4, 0.5) is 0 Å². The summed E-state index contributed by atoms with van der Waals surface area (Å²) in [6.07, 6.45) is 1.65. The second kappa shape index (κ2) is 7.13. The summed E-state index contributed by atoms with van der Waals surface area (Å²) in [6, 6.07) is 6.79. The maximum Gasteiger partial charge on any atom is 0.250 e. The largest absolute Gasteiger partial charge is 0.313 e. The zero-order valence-electron chi connectivity index (χ0n) is 12.0. The Morgan fingerprint density at radius 1 is 1.38 bits per heavy atom. The standard InChI is InChI=1S/C14H19N3O2S2/c1-3-15-9-12-8-14(20-10-12)21(18,19)17-11(2)13-6-4-5-7-16-13/h4-8,10-11,15,17H,3,9H2,1-2H3. The second-order valence-electron chi connectivity index (χ2n) is 4.65. The van der Waals surface area contributed by atoms with Gasteiger partial charge in [0.25, 0.3) is 10.0 Å². The highest BCUT2D eigenvalue weighted by molar-refractivity contribution is 7.91. The van der Waals surface area contributed by atoms with E-state index in [9.17, 15) is 8.42 Å². The minimum absolute atomic E-state index is 0.332. The van der Waals surface area contributed by atoms with E-state index in [0.717, 1.165) is 12.1 Å². The average molecular weight is 325 g/mol. The molecule has 0 saturated carbocycles. The predicted molar refractivity (Wildman–Crippen MR) is 84.7 cm³/mol. The maximum atomic E-state index is 12.4. The molecule has 2 N–H and O–H groups in total. The van der Waals surface area contributed by atoms with Crippen LogP contribution in [0.2, 0.25) is 0 Å². The molecule has 7 heteroatoms. The first-order chi connectivity index (χ1) is 10.0. The monoisotopic (exact) mass is 325 g/mol. The first-order valence-electron chi connectivity index (χ1n) is 6.74. The number of hydrogen-bond acceptors (Lipinski definition) is 5. The van der Waals surface area contributed by atoms with Crippen molar-refractivity contribution in [1.82, 2.24) is 15.0 Å². The van der Waals surface area contributed by atoms with Gasteiger partial charge in [-0.3, -0.25) is 4.98 Å². The van der Waals surface area contributed by atoms with Gasteiger partial charge in [0.05, 0.1) is 11.7 Å². The Hall–Kier alpha value is -1.28. The Labute approximate surface area is 129 Å². The number of hydrogen-bond donors (Lipinski definition) is 2. The lowest BCUT2D eigenvalue weighted by Gasteiger charge is -2.12. The molecule has 21 heavy (non-hydrogen) atoms. The second-order valence-corrected chi connectivity index (χ2v) is 7.50. The van der Waals surface area contributed by atoms with Crippen molar-refractivity contribution in [3.05, 3.63) is 47.1 Å². The summed E-state index contributed by atoms with van der Waals surface area (Å²) in [4.78, 5) is 4.17. The summed E-state index contributed by atoms with van der Waals surface area (Å²) in [5.41, 5.74) is 1.68. The summed E-state index contributed by atoms with van der Waals surface area (Å²) >= 11 is 1.23. The lowest BCUT2D eigenvalue weighted by Crippen LogP contribution is -2.26. The van der Waals surface area contributed by atoms with E-state index < -0.39 is 10.0 Å². The molecule has 0 bridgehead atoms. The molecule has 0 spiro atoms. The van der Waals surface area contributed by atoms with E-state index >= 15 is 0 Å². The van der Waals surface area contributed by atoms with Crippen molar-refractivity contribution in [2.45, 2.75) is 30.6 Å². The highest BCUT2D eigenvalue weighted by atomic mass is 32.2. The van der Waals surface area contributed by atoms with Crippen LogP contribution in [0, 0.1) is 0 Å². The fourth-order valence-electron chi connectivity index (χ4n) is 1.84. The van der Waals surface area contributed by atoms with Crippen molar-refractivity contribution >= 4 is 21.4 Å². The molecule has 0 aliphatic carbocycles. The molecule has 0 amide bonds. The third-order valence-electron chi connectivity index (χ3n) is 2.94. The van der Waals surface area contributed by atoms with Crippen molar-refractivity contribution in [2.24, 2.45) is 0 Å². The Bertz CT molecular complexity index is 669. The molecule has 1 atom stereocenters. The van der Waals surface area contributed by atoms with Crippen LogP contribution in [0.25, 0.3) is 0 Å². The molecule has 2 aromatic rings. The fourth-order valence-corrected chi connectivity index (χ4v) is 4.28. The van der Waals surface area contributed by atoms with Gasteiger partial charge in [-0.05, 0) is 42.6 Å². The normalized spacial score (nSPS) is 13.2. The molecule has 5 nitrogen and oxygen atoms in total. The van der Waals surface area contributed by atoms with Gasteiger partial charge < -0.3 is 5.32 Å². The summed E-state index contributed by atoms with van der Waals surface area (Å²) in [5.74, 6) is 0. The first kappa shape index (κ1) is 16.1. The van der Waals surface area contributed by atoms with Gasteiger partial charge in [0.15, 0.2) is 0 Å². The quantitative estimate of drug-likeness (QED) is 0.819. The predicted octanol–water partition coefficient (Wildman–Crippen LogP) is 2.29. The summed E-state index contributed by atoms with van der Waals surface area (Å²) < 4.78 is 27.7. The van der Waals surface area contributed by atoms with E-state index in [1.807, 2.05) is 18.4 Å². The maximum absolute atomic E-state index is 12.4. The third kappa shape index (κ3) is 4.34. The van der Waals surface area contributed by atoms with Gasteiger partial charge in [-0.1, -0.05) is 13.0 Å². The molecule has 0 aliphatic heterocycles. The number of aromatic nitrogens is 1. The molecule has 0 saturated heterocycles. The molecule has 0 aromatic carbocycles. The molecular weight excluding hydrogens is 306 g/mol. The number of rotatable bonds is 7. The van der Waals surface area contributed by atoms with Crippen molar-refractivity contribution < 1.29 is 8.42 Å². The van der Waals surface area contributed by atoms with Crippen LogP contribution in [-0.2, 0) is 16.6 Å². The van der Waals surface area contributed by atoms with Crippen molar-refractivity contribution in [1.29, 1.82) is 0 Å². The minimum atomic E-state index is -3.51. The van der Waals surface area contributed by atoms with Crippen LogP contribution in [-0.4, -0.2) is 19.9 Å². The smallest absolute Gasteiger partial charge is 0.250 e. The van der Waals surface area contributed by atoms with Crippen LogP contribution in [0.3, 0.4) is 0 Å². The van der Waals surface area contributed by atoms with Gasteiger partial charge in [-0.15, -0.1) is 11.3 Å². The highest BCUT2D eigenvalue weighted by Gasteiger charge is 2.20. The van der Waals surface area contributed by atoms with Crippen LogP contribution in [0.5, 0.6) is 0 Å². The Balaban J connectivity index is 2.09. The molecule has 0 radical (unpaired) electrons. The van der Waals surface area contributed by atoms with Crippen molar-refractivity contribution in [3.63, 3.8) is 0 Å². The van der Waals surface area contributed by atoms with E-state index in [1.165, 1.54) is 11.3 Å². The number of nitrogens with one attached hydrogen (secondary N) is 2. The lowest BCUT2D eigenvalue weighted by atomic mass is 10.2. The van der Waals surface area contributed by atoms with Crippen LogP contribution >= 0.6 is 11.3 Å². The van der Waals surface area contributed by atoms with Gasteiger partial charge in [0.1, 0.15) is 4.21 Å². The fraction of sp³-hybridized carbons (Fsp3) is 0.357.